The molecule has 1 heterocycles. The van der Waals surface area contributed by atoms with Gasteiger partial charge in [0.2, 0.25) is 0 Å². The van der Waals surface area contributed by atoms with Crippen molar-refractivity contribution in [3.05, 3.63) is 29.0 Å². The van der Waals surface area contributed by atoms with Crippen LogP contribution in [0.25, 0.3) is 0 Å². The third-order valence-corrected chi connectivity index (χ3v) is 2.12. The summed E-state index contributed by atoms with van der Waals surface area (Å²) in [7, 11) is 3.73. The van der Waals surface area contributed by atoms with Crippen LogP contribution in [0, 0.1) is 0 Å². The van der Waals surface area contributed by atoms with Crippen molar-refractivity contribution in [1.29, 1.82) is 0 Å². The number of likely N-dealkylation sites (N-methyl/N-ethyl adjacent to an activating group) is 1. The van der Waals surface area contributed by atoms with Crippen LogP contribution < -0.4 is 0 Å². The summed E-state index contributed by atoms with van der Waals surface area (Å²) in [6.07, 6.45) is 1.72. The van der Waals surface area contributed by atoms with Gasteiger partial charge in [-0.2, -0.15) is 0 Å². The summed E-state index contributed by atoms with van der Waals surface area (Å²) >= 11 is 5.85. The number of aromatic nitrogens is 1. The molecular formula is C10H15ClN2O. The van der Waals surface area contributed by atoms with Gasteiger partial charge in [0.05, 0.1) is 12.3 Å². The molecule has 0 radical (unpaired) electrons. The van der Waals surface area contributed by atoms with Gasteiger partial charge in [0.15, 0.2) is 0 Å². The van der Waals surface area contributed by atoms with Gasteiger partial charge in [-0.1, -0.05) is 11.6 Å². The molecule has 0 N–H and O–H groups in total. The van der Waals surface area contributed by atoms with Crippen molar-refractivity contribution in [2.45, 2.75) is 6.54 Å². The second kappa shape index (κ2) is 5.96. The fourth-order valence-corrected chi connectivity index (χ4v) is 1.32. The van der Waals surface area contributed by atoms with E-state index in [2.05, 4.69) is 9.88 Å². The third-order valence-electron chi connectivity index (χ3n) is 1.89. The maximum atomic E-state index is 5.85. The number of ether oxygens (including phenoxy) is 1. The lowest BCUT2D eigenvalue weighted by Gasteiger charge is -2.15. The van der Waals surface area contributed by atoms with E-state index in [0.717, 1.165) is 30.4 Å². The van der Waals surface area contributed by atoms with Gasteiger partial charge in [0, 0.05) is 31.4 Å². The Hall–Kier alpha value is -0.640. The fraction of sp³-hybridized carbons (Fsp3) is 0.500. The highest BCUT2D eigenvalue weighted by Crippen LogP contribution is 2.09. The molecule has 0 aliphatic carbocycles. The first kappa shape index (κ1) is 11.4. The lowest BCUT2D eigenvalue weighted by Crippen LogP contribution is -2.22. The normalized spacial score (nSPS) is 10.9. The molecule has 0 aliphatic rings. The van der Waals surface area contributed by atoms with Gasteiger partial charge in [0.1, 0.15) is 0 Å². The van der Waals surface area contributed by atoms with Gasteiger partial charge in [-0.15, -0.1) is 0 Å². The molecule has 78 valence electrons. The molecule has 3 nitrogen and oxygen atoms in total. The highest BCUT2D eigenvalue weighted by Gasteiger charge is 2.01. The smallest absolute Gasteiger partial charge is 0.0589 e. The minimum Gasteiger partial charge on any atom is -0.383 e. The molecule has 0 atom stereocenters. The molecule has 0 spiro atoms. The quantitative estimate of drug-likeness (QED) is 0.748. The van der Waals surface area contributed by atoms with Crippen LogP contribution in [0.2, 0.25) is 5.02 Å². The lowest BCUT2D eigenvalue weighted by atomic mass is 10.3. The summed E-state index contributed by atoms with van der Waals surface area (Å²) in [5.74, 6) is 0. The van der Waals surface area contributed by atoms with Gasteiger partial charge in [-0.25, -0.2) is 0 Å². The second-order valence-corrected chi connectivity index (χ2v) is 3.63. The Kier molecular flexibility index (Phi) is 4.87. The molecule has 0 aromatic carbocycles. The van der Waals surface area contributed by atoms with Gasteiger partial charge in [-0.05, 0) is 19.2 Å². The van der Waals surface area contributed by atoms with Gasteiger partial charge < -0.3 is 4.74 Å². The highest BCUT2D eigenvalue weighted by molar-refractivity contribution is 6.30. The number of hydrogen-bond acceptors (Lipinski definition) is 3. The Morgan fingerprint density at radius 1 is 1.57 bits per heavy atom. The van der Waals surface area contributed by atoms with Crippen molar-refractivity contribution in [2.24, 2.45) is 0 Å². The molecule has 4 heteroatoms. The van der Waals surface area contributed by atoms with E-state index >= 15 is 0 Å². The van der Waals surface area contributed by atoms with Gasteiger partial charge >= 0.3 is 0 Å². The fourth-order valence-electron chi connectivity index (χ4n) is 1.14. The monoisotopic (exact) mass is 214 g/mol. The SMILES string of the molecule is COCCN(C)Cc1cc(Cl)ccn1. The molecule has 0 unspecified atom stereocenters. The maximum Gasteiger partial charge on any atom is 0.0589 e. The molecule has 1 aromatic heterocycles. The summed E-state index contributed by atoms with van der Waals surface area (Å²) in [6, 6.07) is 3.66. The van der Waals surface area contributed by atoms with Crippen LogP contribution in [0.3, 0.4) is 0 Å². The average Bonchev–Trinajstić information content (AvgIpc) is 2.15. The minimum atomic E-state index is 0.732. The third kappa shape index (κ3) is 4.05. The van der Waals surface area contributed by atoms with Gasteiger partial charge in [0.25, 0.3) is 0 Å². The van der Waals surface area contributed by atoms with Crippen LogP contribution in [-0.2, 0) is 11.3 Å². The molecule has 0 fully saturated rings. The molecule has 0 bridgehead atoms. The van der Waals surface area contributed by atoms with E-state index in [9.17, 15) is 0 Å². The Morgan fingerprint density at radius 2 is 2.36 bits per heavy atom. The van der Waals surface area contributed by atoms with Crippen LogP contribution in [0.1, 0.15) is 5.69 Å². The van der Waals surface area contributed by atoms with Crippen LogP contribution in [0.5, 0.6) is 0 Å². The Labute approximate surface area is 89.7 Å². The van der Waals surface area contributed by atoms with Crippen LogP contribution in [-0.4, -0.2) is 37.2 Å². The standard InChI is InChI=1S/C10H15ClN2O/c1-13(5-6-14-2)8-10-7-9(11)3-4-12-10/h3-4,7H,5-6,8H2,1-2H3. The Balaban J connectivity index is 2.43. The van der Waals surface area contributed by atoms with Crippen molar-refractivity contribution in [1.82, 2.24) is 9.88 Å². The molecule has 0 amide bonds. The summed E-state index contributed by atoms with van der Waals surface area (Å²) in [6.45, 7) is 2.42. The average molecular weight is 215 g/mol. The van der Waals surface area contributed by atoms with Crippen LogP contribution >= 0.6 is 11.6 Å². The van der Waals surface area contributed by atoms with Crippen LogP contribution in [0.15, 0.2) is 18.3 Å². The summed E-state index contributed by atoms with van der Waals surface area (Å²) in [5, 5.41) is 0.732. The number of halogens is 1. The topological polar surface area (TPSA) is 25.4 Å². The molecule has 0 saturated heterocycles. The molecule has 1 aromatic rings. The largest absolute Gasteiger partial charge is 0.383 e. The Morgan fingerprint density at radius 3 is 3.00 bits per heavy atom. The van der Waals surface area contributed by atoms with Crippen molar-refractivity contribution in [3.8, 4) is 0 Å². The predicted octanol–water partition coefficient (Wildman–Crippen LogP) is 1.81. The van der Waals surface area contributed by atoms with Gasteiger partial charge in [-0.3, -0.25) is 9.88 Å². The van der Waals surface area contributed by atoms with Crippen molar-refractivity contribution in [3.63, 3.8) is 0 Å². The second-order valence-electron chi connectivity index (χ2n) is 3.20. The molecule has 0 aliphatic heterocycles. The first-order valence-corrected chi connectivity index (χ1v) is 4.88. The predicted molar refractivity (Wildman–Crippen MR) is 57.5 cm³/mol. The summed E-state index contributed by atoms with van der Waals surface area (Å²) in [4.78, 5) is 6.36. The zero-order chi connectivity index (χ0) is 10.4. The number of pyridine rings is 1. The summed E-state index contributed by atoms with van der Waals surface area (Å²) < 4.78 is 4.99. The maximum absolute atomic E-state index is 5.85. The first-order chi connectivity index (χ1) is 6.72. The van der Waals surface area contributed by atoms with E-state index in [0.29, 0.717) is 0 Å². The Bertz CT molecular complexity index is 281. The molecule has 1 rings (SSSR count). The minimum absolute atomic E-state index is 0.732. The van der Waals surface area contributed by atoms with Crippen molar-refractivity contribution in [2.75, 3.05) is 27.3 Å². The number of nitrogens with zero attached hydrogens (tertiary/aromatic N) is 2. The number of methoxy groups -OCH3 is 1. The van der Waals surface area contributed by atoms with Crippen LogP contribution in [0.4, 0.5) is 0 Å². The highest BCUT2D eigenvalue weighted by atomic mass is 35.5. The number of rotatable bonds is 5. The molecule has 0 saturated carbocycles. The first-order valence-electron chi connectivity index (χ1n) is 4.50. The number of hydrogen-bond donors (Lipinski definition) is 0. The summed E-state index contributed by atoms with van der Waals surface area (Å²) in [5.41, 5.74) is 0.983. The van der Waals surface area contributed by atoms with E-state index in [-0.39, 0.29) is 0 Å². The zero-order valence-electron chi connectivity index (χ0n) is 8.53. The molecular weight excluding hydrogens is 200 g/mol. The van der Waals surface area contributed by atoms with E-state index in [1.165, 1.54) is 0 Å². The lowest BCUT2D eigenvalue weighted by molar-refractivity contribution is 0.158. The van der Waals surface area contributed by atoms with Crippen molar-refractivity contribution >= 4 is 11.6 Å². The van der Waals surface area contributed by atoms with E-state index in [1.54, 1.807) is 19.4 Å². The molecule has 14 heavy (non-hydrogen) atoms. The van der Waals surface area contributed by atoms with E-state index in [4.69, 9.17) is 16.3 Å². The van der Waals surface area contributed by atoms with Crippen molar-refractivity contribution < 1.29 is 4.74 Å². The van der Waals surface area contributed by atoms with E-state index < -0.39 is 0 Å². The zero-order valence-corrected chi connectivity index (χ0v) is 9.29. The van der Waals surface area contributed by atoms with E-state index in [1.807, 2.05) is 13.1 Å².